The molecule has 0 saturated carbocycles. The molecule has 0 aliphatic carbocycles. The first-order valence-corrected chi connectivity index (χ1v) is 8.60. The number of piperidine rings is 1. The number of likely N-dealkylation sites (tertiary alicyclic amines) is 1. The number of hydrogen-bond acceptors (Lipinski definition) is 4. The molecule has 25 heavy (non-hydrogen) atoms. The maximum absolute atomic E-state index is 13.3. The summed E-state index contributed by atoms with van der Waals surface area (Å²) >= 11 is 0. The lowest BCUT2D eigenvalue weighted by molar-refractivity contribution is -0.155. The van der Waals surface area contributed by atoms with Gasteiger partial charge < -0.3 is 14.4 Å². The molecule has 2 heterocycles. The zero-order chi connectivity index (χ0) is 17.9. The van der Waals surface area contributed by atoms with E-state index in [0.29, 0.717) is 13.2 Å². The Labute approximate surface area is 146 Å². The second-order valence-corrected chi connectivity index (χ2v) is 6.62. The predicted molar refractivity (Wildman–Crippen MR) is 88.8 cm³/mol. The first kappa shape index (κ1) is 18.1. The molecule has 5 nitrogen and oxygen atoms in total. The second-order valence-electron chi connectivity index (χ2n) is 6.62. The number of nitrogens with zero attached hydrogens (tertiary/aromatic N) is 2. The van der Waals surface area contributed by atoms with Crippen LogP contribution in [-0.2, 0) is 16.1 Å². The van der Waals surface area contributed by atoms with Gasteiger partial charge in [0, 0.05) is 45.6 Å². The van der Waals surface area contributed by atoms with Crippen LogP contribution in [0.1, 0.15) is 18.4 Å². The Hall–Kier alpha value is -1.73. The van der Waals surface area contributed by atoms with Crippen LogP contribution in [0.15, 0.2) is 24.3 Å². The van der Waals surface area contributed by atoms with Gasteiger partial charge in [0.2, 0.25) is 0 Å². The van der Waals surface area contributed by atoms with Crippen molar-refractivity contribution in [1.82, 2.24) is 9.80 Å². The van der Waals surface area contributed by atoms with Crippen molar-refractivity contribution in [1.29, 1.82) is 0 Å². The number of carbonyl (C=O) groups excluding carboxylic acids is 1. The molecule has 1 amide bonds. The van der Waals surface area contributed by atoms with Crippen LogP contribution in [0.5, 0.6) is 5.75 Å². The van der Waals surface area contributed by atoms with Crippen LogP contribution < -0.4 is 4.74 Å². The largest absolute Gasteiger partial charge is 0.497 e. The SMILES string of the molecule is COc1ccc(CN2CCOC(C(=O)N3CCC(F)(F)CC3)C2)cc1. The van der Waals surface area contributed by atoms with Crippen molar-refractivity contribution in [2.45, 2.75) is 31.4 Å². The van der Waals surface area contributed by atoms with Gasteiger partial charge in [-0.3, -0.25) is 9.69 Å². The van der Waals surface area contributed by atoms with E-state index in [2.05, 4.69) is 4.90 Å². The summed E-state index contributed by atoms with van der Waals surface area (Å²) in [5, 5.41) is 0. The van der Waals surface area contributed by atoms with Gasteiger partial charge in [0.1, 0.15) is 11.9 Å². The first-order valence-electron chi connectivity index (χ1n) is 8.60. The molecule has 2 fully saturated rings. The minimum atomic E-state index is -2.65. The van der Waals surface area contributed by atoms with E-state index in [1.807, 2.05) is 24.3 Å². The molecule has 0 aromatic heterocycles. The van der Waals surface area contributed by atoms with E-state index >= 15 is 0 Å². The minimum absolute atomic E-state index is 0.101. The Balaban J connectivity index is 1.54. The van der Waals surface area contributed by atoms with Gasteiger partial charge in [-0.15, -0.1) is 0 Å². The topological polar surface area (TPSA) is 42.0 Å². The monoisotopic (exact) mass is 354 g/mol. The summed E-state index contributed by atoms with van der Waals surface area (Å²) < 4.78 is 37.3. The van der Waals surface area contributed by atoms with Crippen LogP contribution in [0.3, 0.4) is 0 Å². The van der Waals surface area contributed by atoms with E-state index in [-0.39, 0.29) is 31.8 Å². The maximum Gasteiger partial charge on any atom is 0.253 e. The highest BCUT2D eigenvalue weighted by atomic mass is 19.3. The maximum atomic E-state index is 13.3. The molecule has 2 aliphatic rings. The van der Waals surface area contributed by atoms with E-state index in [1.165, 1.54) is 4.90 Å². The van der Waals surface area contributed by atoms with Crippen molar-refractivity contribution in [3.63, 3.8) is 0 Å². The fourth-order valence-corrected chi connectivity index (χ4v) is 3.24. The van der Waals surface area contributed by atoms with Gasteiger partial charge in [-0.2, -0.15) is 0 Å². The van der Waals surface area contributed by atoms with E-state index in [0.717, 1.165) is 24.4 Å². The first-order chi connectivity index (χ1) is 12.0. The summed E-state index contributed by atoms with van der Waals surface area (Å²) in [6, 6.07) is 7.81. The number of amides is 1. The summed E-state index contributed by atoms with van der Waals surface area (Å²) in [5.74, 6) is -2.01. The molecule has 7 heteroatoms. The molecule has 138 valence electrons. The average Bonchev–Trinajstić information content (AvgIpc) is 2.62. The molecule has 1 atom stereocenters. The van der Waals surface area contributed by atoms with Crippen LogP contribution in [0, 0.1) is 0 Å². The third-order valence-corrected chi connectivity index (χ3v) is 4.80. The van der Waals surface area contributed by atoms with Crippen LogP contribution in [0.25, 0.3) is 0 Å². The quantitative estimate of drug-likeness (QED) is 0.831. The van der Waals surface area contributed by atoms with Gasteiger partial charge >= 0.3 is 0 Å². The number of methoxy groups -OCH3 is 1. The molecule has 0 spiro atoms. The molecule has 0 radical (unpaired) electrons. The van der Waals surface area contributed by atoms with E-state index in [1.54, 1.807) is 7.11 Å². The number of benzene rings is 1. The molecular weight excluding hydrogens is 330 g/mol. The lowest BCUT2D eigenvalue weighted by Crippen LogP contribution is -2.53. The zero-order valence-corrected chi connectivity index (χ0v) is 14.4. The van der Waals surface area contributed by atoms with Crippen molar-refractivity contribution in [3.05, 3.63) is 29.8 Å². The summed E-state index contributed by atoms with van der Waals surface area (Å²) in [7, 11) is 1.63. The molecule has 0 bridgehead atoms. The third-order valence-electron chi connectivity index (χ3n) is 4.80. The fraction of sp³-hybridized carbons (Fsp3) is 0.611. The molecule has 2 saturated heterocycles. The molecule has 1 aromatic carbocycles. The van der Waals surface area contributed by atoms with Crippen LogP contribution >= 0.6 is 0 Å². The smallest absolute Gasteiger partial charge is 0.253 e. The second kappa shape index (κ2) is 7.66. The molecule has 1 unspecified atom stereocenters. The van der Waals surface area contributed by atoms with Crippen molar-refractivity contribution >= 4 is 5.91 Å². The molecule has 2 aliphatic heterocycles. The van der Waals surface area contributed by atoms with Gasteiger partial charge in [-0.1, -0.05) is 12.1 Å². The number of ether oxygens (including phenoxy) is 2. The van der Waals surface area contributed by atoms with Gasteiger partial charge in [0.15, 0.2) is 0 Å². The highest BCUT2D eigenvalue weighted by Gasteiger charge is 2.38. The Morgan fingerprint density at radius 1 is 1.24 bits per heavy atom. The zero-order valence-electron chi connectivity index (χ0n) is 14.4. The predicted octanol–water partition coefficient (Wildman–Crippen LogP) is 2.15. The Morgan fingerprint density at radius 2 is 1.92 bits per heavy atom. The van der Waals surface area contributed by atoms with Crippen molar-refractivity contribution in [2.75, 3.05) is 39.9 Å². The molecule has 0 N–H and O–H groups in total. The Kier molecular flexibility index (Phi) is 5.54. The van der Waals surface area contributed by atoms with Gasteiger partial charge in [-0.25, -0.2) is 8.78 Å². The third kappa shape index (κ3) is 4.67. The molecule has 1 aromatic rings. The van der Waals surface area contributed by atoms with E-state index < -0.39 is 12.0 Å². The number of halogens is 2. The lowest BCUT2D eigenvalue weighted by Gasteiger charge is -2.37. The Morgan fingerprint density at radius 3 is 2.56 bits per heavy atom. The van der Waals surface area contributed by atoms with Gasteiger partial charge in [0.05, 0.1) is 13.7 Å². The molecular formula is C18H24F2N2O3. The lowest BCUT2D eigenvalue weighted by atomic mass is 10.1. The minimum Gasteiger partial charge on any atom is -0.497 e. The van der Waals surface area contributed by atoms with Crippen molar-refractivity contribution < 1.29 is 23.0 Å². The normalized spacial score (nSPS) is 24.1. The summed E-state index contributed by atoms with van der Waals surface area (Å²) in [4.78, 5) is 16.2. The van der Waals surface area contributed by atoms with Gasteiger partial charge in [0.25, 0.3) is 11.8 Å². The van der Waals surface area contributed by atoms with Crippen molar-refractivity contribution in [2.24, 2.45) is 0 Å². The number of alkyl halides is 2. The summed E-state index contributed by atoms with van der Waals surface area (Å²) in [6.07, 6.45) is -1.10. The summed E-state index contributed by atoms with van der Waals surface area (Å²) in [5.41, 5.74) is 1.13. The number of morpholine rings is 1. The molecule has 3 rings (SSSR count). The number of hydrogen-bond donors (Lipinski definition) is 0. The van der Waals surface area contributed by atoms with Crippen molar-refractivity contribution in [3.8, 4) is 5.75 Å². The average molecular weight is 354 g/mol. The van der Waals surface area contributed by atoms with Gasteiger partial charge in [-0.05, 0) is 17.7 Å². The highest BCUT2D eigenvalue weighted by Crippen LogP contribution is 2.28. The highest BCUT2D eigenvalue weighted by molar-refractivity contribution is 5.81. The van der Waals surface area contributed by atoms with Crippen LogP contribution in [0.4, 0.5) is 8.78 Å². The van der Waals surface area contributed by atoms with Crippen LogP contribution in [0.2, 0.25) is 0 Å². The van der Waals surface area contributed by atoms with Crippen LogP contribution in [-0.4, -0.2) is 67.6 Å². The summed E-state index contributed by atoms with van der Waals surface area (Å²) in [6.45, 7) is 2.62. The van der Waals surface area contributed by atoms with E-state index in [9.17, 15) is 13.6 Å². The number of rotatable bonds is 4. The standard InChI is InChI=1S/C18H24F2N2O3/c1-24-15-4-2-14(3-5-15)12-21-10-11-25-16(13-21)17(23)22-8-6-18(19,20)7-9-22/h2-5,16H,6-13H2,1H3. The Bertz CT molecular complexity index is 584. The fourth-order valence-electron chi connectivity index (χ4n) is 3.24. The number of carbonyl (C=O) groups is 1. The van der Waals surface area contributed by atoms with E-state index in [4.69, 9.17) is 9.47 Å².